The van der Waals surface area contributed by atoms with Crippen molar-refractivity contribution in [3.8, 4) is 6.07 Å². The van der Waals surface area contributed by atoms with Gasteiger partial charge in [-0.25, -0.2) is 4.84 Å². The number of quaternary nitrogens is 1. The highest BCUT2D eigenvalue weighted by Gasteiger charge is 2.13. The summed E-state index contributed by atoms with van der Waals surface area (Å²) in [6.07, 6.45) is 10.2. The number of nitrogens with zero attached hydrogens (tertiary/aromatic N) is 1. The Labute approximate surface area is 114 Å². The summed E-state index contributed by atoms with van der Waals surface area (Å²) in [6, 6.07) is 8.34. The van der Waals surface area contributed by atoms with Crippen molar-refractivity contribution in [2.24, 2.45) is 0 Å². The molecular formula is C16H19N2O+. The Morgan fingerprint density at radius 3 is 3.05 bits per heavy atom. The lowest BCUT2D eigenvalue weighted by molar-refractivity contribution is -0.842. The van der Waals surface area contributed by atoms with Gasteiger partial charge < -0.3 is 0 Å². The number of allylic oxidation sites excluding steroid dienone is 3. The third-order valence-electron chi connectivity index (χ3n) is 3.39. The molecule has 3 heteroatoms. The lowest BCUT2D eigenvalue weighted by Crippen LogP contribution is -2.75. The van der Waals surface area contributed by atoms with Crippen molar-refractivity contribution in [3.63, 3.8) is 0 Å². The third-order valence-corrected chi connectivity index (χ3v) is 3.39. The van der Waals surface area contributed by atoms with Crippen molar-refractivity contribution in [3.05, 3.63) is 58.8 Å². The van der Waals surface area contributed by atoms with Crippen molar-refractivity contribution in [1.29, 1.82) is 5.26 Å². The topological polar surface area (TPSA) is 49.6 Å². The molecule has 0 saturated heterocycles. The van der Waals surface area contributed by atoms with Crippen LogP contribution in [0, 0.1) is 11.3 Å². The maximum atomic E-state index is 9.16. The van der Waals surface area contributed by atoms with Gasteiger partial charge in [-0.3, -0.25) is 0 Å². The summed E-state index contributed by atoms with van der Waals surface area (Å²) in [5.41, 5.74) is 6.44. The standard InChI is InChI=1S/C16H18N2O/c1-19-18-10-4-6-13-5-2-9-16-14(11-13)7-3-8-15(16)12-17/h3-4,6-8,10,18H,2,5,9,11H2,1H3/p+1/b10-4-,13-6+. The van der Waals surface area contributed by atoms with Crippen molar-refractivity contribution in [2.75, 3.05) is 7.11 Å². The van der Waals surface area contributed by atoms with Crippen LogP contribution in [0.4, 0.5) is 0 Å². The van der Waals surface area contributed by atoms with E-state index in [-0.39, 0.29) is 0 Å². The first kappa shape index (κ1) is 13.5. The number of rotatable bonds is 3. The number of hydrogen-bond acceptors (Lipinski definition) is 2. The quantitative estimate of drug-likeness (QED) is 0.663. The van der Waals surface area contributed by atoms with Crippen molar-refractivity contribution < 1.29 is 10.3 Å². The van der Waals surface area contributed by atoms with Crippen molar-refractivity contribution in [2.45, 2.75) is 25.7 Å². The van der Waals surface area contributed by atoms with E-state index in [1.54, 1.807) is 12.6 Å². The Morgan fingerprint density at radius 2 is 2.26 bits per heavy atom. The minimum absolute atomic E-state index is 0.835. The molecule has 1 aliphatic carbocycles. The van der Waals surface area contributed by atoms with E-state index in [0.29, 0.717) is 0 Å². The molecule has 1 aromatic carbocycles. The van der Waals surface area contributed by atoms with Gasteiger partial charge in [0.25, 0.3) is 0 Å². The Morgan fingerprint density at radius 1 is 1.37 bits per heavy atom. The van der Waals surface area contributed by atoms with Crippen LogP contribution in [0.5, 0.6) is 0 Å². The molecule has 0 spiro atoms. The zero-order valence-electron chi connectivity index (χ0n) is 11.2. The first-order valence-electron chi connectivity index (χ1n) is 6.56. The third kappa shape index (κ3) is 3.54. The van der Waals surface area contributed by atoms with Gasteiger partial charge in [0, 0.05) is 0 Å². The summed E-state index contributed by atoms with van der Waals surface area (Å²) in [4.78, 5) is 4.87. The fourth-order valence-corrected chi connectivity index (χ4v) is 2.48. The zero-order valence-corrected chi connectivity index (χ0v) is 11.2. The number of hydrogen-bond donors (Lipinski definition) is 1. The molecule has 0 fully saturated rings. The van der Waals surface area contributed by atoms with Crippen LogP contribution in [-0.4, -0.2) is 7.11 Å². The predicted octanol–water partition coefficient (Wildman–Crippen LogP) is 2.00. The number of nitriles is 1. The number of hydroxylamine groups is 1. The summed E-state index contributed by atoms with van der Waals surface area (Å²) in [5, 5.41) is 9.16. The van der Waals surface area contributed by atoms with Gasteiger partial charge in [-0.2, -0.15) is 10.7 Å². The highest BCUT2D eigenvalue weighted by molar-refractivity contribution is 5.45. The molecule has 3 nitrogen and oxygen atoms in total. The lowest BCUT2D eigenvalue weighted by Gasteiger charge is -2.07. The minimum atomic E-state index is 0.835. The Bertz CT molecular complexity index is 538. The van der Waals surface area contributed by atoms with Crippen molar-refractivity contribution in [1.82, 2.24) is 0 Å². The van der Waals surface area contributed by atoms with E-state index in [1.807, 2.05) is 24.4 Å². The Kier molecular flexibility index (Phi) is 4.91. The summed E-state index contributed by atoms with van der Waals surface area (Å²) >= 11 is 0. The maximum Gasteiger partial charge on any atom is 0.125 e. The van der Waals surface area contributed by atoms with Crippen LogP contribution in [0.1, 0.15) is 29.5 Å². The van der Waals surface area contributed by atoms with Crippen LogP contribution in [0.15, 0.2) is 42.1 Å². The first-order chi connectivity index (χ1) is 9.35. The van der Waals surface area contributed by atoms with E-state index in [0.717, 1.165) is 31.2 Å². The fraction of sp³-hybridized carbons (Fsp3) is 0.312. The van der Waals surface area contributed by atoms with Gasteiger partial charge >= 0.3 is 0 Å². The largest absolute Gasteiger partial charge is 0.205 e. The first-order valence-corrected chi connectivity index (χ1v) is 6.56. The second-order valence-electron chi connectivity index (χ2n) is 4.67. The Balaban J connectivity index is 2.19. The van der Waals surface area contributed by atoms with Gasteiger partial charge in [-0.05, 0) is 49.0 Å². The number of nitrogens with two attached hydrogens (primary N) is 1. The highest BCUT2D eigenvalue weighted by atomic mass is 16.6. The predicted molar refractivity (Wildman–Crippen MR) is 74.0 cm³/mol. The summed E-state index contributed by atoms with van der Waals surface area (Å²) in [6.45, 7) is 0. The summed E-state index contributed by atoms with van der Waals surface area (Å²) < 4.78 is 0. The molecule has 0 aliphatic heterocycles. The van der Waals surface area contributed by atoms with Gasteiger partial charge in [0.1, 0.15) is 6.20 Å². The van der Waals surface area contributed by atoms with Crippen LogP contribution in [0.2, 0.25) is 0 Å². The van der Waals surface area contributed by atoms with Crippen LogP contribution in [-0.2, 0) is 17.7 Å². The van der Waals surface area contributed by atoms with E-state index in [1.165, 1.54) is 16.7 Å². The molecule has 19 heavy (non-hydrogen) atoms. The molecule has 0 aromatic heterocycles. The van der Waals surface area contributed by atoms with Crippen LogP contribution in [0.3, 0.4) is 0 Å². The second-order valence-corrected chi connectivity index (χ2v) is 4.67. The fourth-order valence-electron chi connectivity index (χ4n) is 2.48. The molecule has 0 heterocycles. The molecule has 1 aromatic rings. The molecule has 0 radical (unpaired) electrons. The molecule has 0 bridgehead atoms. The molecule has 2 N–H and O–H groups in total. The SMILES string of the molecule is CO[NH2+]/C=C\C=C1/CCCc2c(C#N)cccc2C1. The van der Waals surface area contributed by atoms with Gasteiger partial charge in [0.15, 0.2) is 0 Å². The van der Waals surface area contributed by atoms with E-state index < -0.39 is 0 Å². The lowest BCUT2D eigenvalue weighted by atomic mass is 9.97. The smallest absolute Gasteiger partial charge is 0.125 e. The normalized spacial score (nSPS) is 17.2. The number of benzene rings is 1. The van der Waals surface area contributed by atoms with Gasteiger partial charge in [0.2, 0.25) is 0 Å². The second kappa shape index (κ2) is 6.89. The van der Waals surface area contributed by atoms with E-state index in [9.17, 15) is 0 Å². The molecule has 0 amide bonds. The van der Waals surface area contributed by atoms with E-state index in [2.05, 4.69) is 18.2 Å². The highest BCUT2D eigenvalue weighted by Crippen LogP contribution is 2.26. The molecule has 2 rings (SSSR count). The van der Waals surface area contributed by atoms with Gasteiger partial charge in [-0.15, -0.1) is 0 Å². The summed E-state index contributed by atoms with van der Waals surface area (Å²) in [7, 11) is 1.64. The summed E-state index contributed by atoms with van der Waals surface area (Å²) in [5.74, 6) is 0. The molecule has 98 valence electrons. The number of fused-ring (bicyclic) bond motifs is 1. The van der Waals surface area contributed by atoms with Crippen LogP contribution >= 0.6 is 0 Å². The van der Waals surface area contributed by atoms with Gasteiger partial charge in [-0.1, -0.05) is 23.8 Å². The van der Waals surface area contributed by atoms with E-state index in [4.69, 9.17) is 10.1 Å². The average molecular weight is 255 g/mol. The average Bonchev–Trinajstić information content (AvgIpc) is 2.65. The minimum Gasteiger partial charge on any atom is -0.205 e. The zero-order chi connectivity index (χ0) is 13.5. The Hall–Kier alpha value is -1.89. The molecule has 0 saturated carbocycles. The van der Waals surface area contributed by atoms with Crippen LogP contribution < -0.4 is 5.48 Å². The monoisotopic (exact) mass is 255 g/mol. The molecule has 1 aliphatic rings. The molecular weight excluding hydrogens is 236 g/mol. The van der Waals surface area contributed by atoms with Crippen LogP contribution in [0.25, 0.3) is 0 Å². The maximum absolute atomic E-state index is 9.16. The van der Waals surface area contributed by atoms with Crippen molar-refractivity contribution >= 4 is 0 Å². The van der Waals surface area contributed by atoms with Gasteiger partial charge in [0.05, 0.1) is 18.7 Å². The molecule has 0 atom stereocenters. The molecule has 0 unspecified atom stereocenters. The van der Waals surface area contributed by atoms with E-state index >= 15 is 0 Å².